The molecular formula is C14H13ClN2O. The van der Waals surface area contributed by atoms with Crippen LogP contribution in [0.5, 0.6) is 0 Å². The fourth-order valence-corrected chi connectivity index (χ4v) is 1.83. The Morgan fingerprint density at radius 2 is 2.11 bits per heavy atom. The van der Waals surface area contributed by atoms with Crippen molar-refractivity contribution >= 4 is 23.2 Å². The topological polar surface area (TPSA) is 42.0 Å². The van der Waals surface area contributed by atoms with E-state index in [2.05, 4.69) is 10.3 Å². The number of hydrogen-bond acceptors (Lipinski definition) is 2. The van der Waals surface area contributed by atoms with Gasteiger partial charge in [0.05, 0.1) is 0 Å². The lowest BCUT2D eigenvalue weighted by Gasteiger charge is -2.09. The van der Waals surface area contributed by atoms with Crippen LogP contribution in [0.1, 0.15) is 23.0 Å². The van der Waals surface area contributed by atoms with Crippen molar-refractivity contribution in [2.24, 2.45) is 0 Å². The van der Waals surface area contributed by atoms with Crippen molar-refractivity contribution < 1.29 is 4.79 Å². The van der Waals surface area contributed by atoms with Gasteiger partial charge in [0.1, 0.15) is 5.69 Å². The zero-order chi connectivity index (χ0) is 13.0. The number of halogens is 1. The van der Waals surface area contributed by atoms with Crippen LogP contribution in [0.15, 0.2) is 42.6 Å². The van der Waals surface area contributed by atoms with Crippen LogP contribution in [0.4, 0.5) is 5.69 Å². The molecule has 0 spiro atoms. The summed E-state index contributed by atoms with van der Waals surface area (Å²) in [6.07, 6.45) is 2.38. The van der Waals surface area contributed by atoms with Gasteiger partial charge in [0.2, 0.25) is 0 Å². The van der Waals surface area contributed by atoms with Crippen LogP contribution in [-0.4, -0.2) is 10.9 Å². The molecule has 0 saturated heterocycles. The highest BCUT2D eigenvalue weighted by molar-refractivity contribution is 6.30. The van der Waals surface area contributed by atoms with E-state index in [0.717, 1.165) is 17.7 Å². The Morgan fingerprint density at radius 3 is 2.83 bits per heavy atom. The molecule has 0 saturated carbocycles. The Kier molecular flexibility index (Phi) is 3.95. The number of amides is 1. The molecule has 92 valence electrons. The lowest BCUT2D eigenvalue weighted by atomic mass is 10.1. The SMILES string of the molecule is CCc1ccccc1NC(=O)c1cc(Cl)ccn1. The highest BCUT2D eigenvalue weighted by Crippen LogP contribution is 2.17. The molecule has 1 heterocycles. The van der Waals surface area contributed by atoms with Crippen LogP contribution >= 0.6 is 11.6 Å². The Bertz CT molecular complexity index is 569. The van der Waals surface area contributed by atoms with Crippen LogP contribution < -0.4 is 5.32 Å². The van der Waals surface area contributed by atoms with Crippen LogP contribution in [0.3, 0.4) is 0 Å². The number of carbonyl (C=O) groups excluding carboxylic acids is 1. The van der Waals surface area contributed by atoms with E-state index in [1.165, 1.54) is 6.20 Å². The second-order valence-electron chi connectivity index (χ2n) is 3.82. The Balaban J connectivity index is 2.21. The van der Waals surface area contributed by atoms with Crippen LogP contribution in [0, 0.1) is 0 Å². The molecular weight excluding hydrogens is 248 g/mol. The van der Waals surface area contributed by atoms with Gasteiger partial charge in [0.15, 0.2) is 0 Å². The number of nitrogens with zero attached hydrogens (tertiary/aromatic N) is 1. The average Bonchev–Trinajstić information content (AvgIpc) is 2.39. The minimum atomic E-state index is -0.251. The fraction of sp³-hybridized carbons (Fsp3) is 0.143. The third kappa shape index (κ3) is 2.87. The molecule has 4 heteroatoms. The number of rotatable bonds is 3. The van der Waals surface area contributed by atoms with Crippen molar-refractivity contribution in [3.63, 3.8) is 0 Å². The largest absolute Gasteiger partial charge is 0.320 e. The third-order valence-corrected chi connectivity index (χ3v) is 2.84. The Labute approximate surface area is 111 Å². The number of aromatic nitrogens is 1. The third-order valence-electron chi connectivity index (χ3n) is 2.60. The molecule has 0 atom stereocenters. The summed E-state index contributed by atoms with van der Waals surface area (Å²) in [4.78, 5) is 16.0. The van der Waals surface area contributed by atoms with E-state index in [1.54, 1.807) is 12.1 Å². The molecule has 0 fully saturated rings. The number of hydrogen-bond donors (Lipinski definition) is 1. The molecule has 0 unspecified atom stereocenters. The van der Waals surface area contributed by atoms with E-state index >= 15 is 0 Å². The van der Waals surface area contributed by atoms with E-state index in [9.17, 15) is 4.79 Å². The zero-order valence-corrected chi connectivity index (χ0v) is 10.7. The fourth-order valence-electron chi connectivity index (χ4n) is 1.67. The van der Waals surface area contributed by atoms with Gasteiger partial charge in [-0.05, 0) is 30.2 Å². The summed E-state index contributed by atoms with van der Waals surface area (Å²) in [7, 11) is 0. The Morgan fingerprint density at radius 1 is 1.33 bits per heavy atom. The smallest absolute Gasteiger partial charge is 0.274 e. The first-order valence-electron chi connectivity index (χ1n) is 5.71. The summed E-state index contributed by atoms with van der Waals surface area (Å²) in [5, 5.41) is 3.34. The summed E-state index contributed by atoms with van der Waals surface area (Å²) in [5.41, 5.74) is 2.22. The van der Waals surface area contributed by atoms with Crippen molar-refractivity contribution in [2.45, 2.75) is 13.3 Å². The summed E-state index contributed by atoms with van der Waals surface area (Å²) < 4.78 is 0. The maximum Gasteiger partial charge on any atom is 0.274 e. The highest BCUT2D eigenvalue weighted by Gasteiger charge is 2.09. The maximum absolute atomic E-state index is 12.0. The monoisotopic (exact) mass is 260 g/mol. The van der Waals surface area contributed by atoms with Crippen molar-refractivity contribution in [1.29, 1.82) is 0 Å². The number of aryl methyl sites for hydroxylation is 1. The number of carbonyl (C=O) groups is 1. The van der Waals surface area contributed by atoms with Gasteiger partial charge in [0.25, 0.3) is 5.91 Å². The molecule has 0 radical (unpaired) electrons. The molecule has 2 rings (SSSR count). The predicted octanol–water partition coefficient (Wildman–Crippen LogP) is 3.55. The van der Waals surface area contributed by atoms with E-state index in [-0.39, 0.29) is 5.91 Å². The first kappa shape index (κ1) is 12.6. The lowest BCUT2D eigenvalue weighted by Crippen LogP contribution is -2.14. The second kappa shape index (κ2) is 5.65. The molecule has 2 aromatic rings. The number of nitrogens with one attached hydrogen (secondary N) is 1. The molecule has 0 aliphatic rings. The molecule has 0 bridgehead atoms. The molecule has 1 N–H and O–H groups in total. The van der Waals surface area contributed by atoms with Crippen molar-refractivity contribution in [1.82, 2.24) is 4.98 Å². The van der Waals surface area contributed by atoms with Gasteiger partial charge < -0.3 is 5.32 Å². The number of para-hydroxylation sites is 1. The normalized spacial score (nSPS) is 10.1. The van der Waals surface area contributed by atoms with Gasteiger partial charge in [-0.1, -0.05) is 36.7 Å². The average molecular weight is 261 g/mol. The van der Waals surface area contributed by atoms with Crippen LogP contribution in [0.25, 0.3) is 0 Å². The molecule has 18 heavy (non-hydrogen) atoms. The van der Waals surface area contributed by atoms with Gasteiger partial charge in [-0.15, -0.1) is 0 Å². The summed E-state index contributed by atoms with van der Waals surface area (Å²) >= 11 is 5.83. The van der Waals surface area contributed by atoms with E-state index in [1.807, 2.05) is 31.2 Å². The summed E-state index contributed by atoms with van der Waals surface area (Å²) in [6.45, 7) is 2.04. The van der Waals surface area contributed by atoms with Gasteiger partial charge >= 0.3 is 0 Å². The van der Waals surface area contributed by atoms with E-state index in [4.69, 9.17) is 11.6 Å². The maximum atomic E-state index is 12.0. The molecule has 3 nitrogen and oxygen atoms in total. The van der Waals surface area contributed by atoms with Crippen molar-refractivity contribution in [3.8, 4) is 0 Å². The van der Waals surface area contributed by atoms with Gasteiger partial charge in [-0.2, -0.15) is 0 Å². The number of anilines is 1. The van der Waals surface area contributed by atoms with Gasteiger partial charge in [-0.3, -0.25) is 9.78 Å². The van der Waals surface area contributed by atoms with Gasteiger partial charge in [0, 0.05) is 16.9 Å². The van der Waals surface area contributed by atoms with E-state index in [0.29, 0.717) is 10.7 Å². The van der Waals surface area contributed by atoms with Crippen molar-refractivity contribution in [3.05, 3.63) is 58.9 Å². The first-order valence-corrected chi connectivity index (χ1v) is 6.09. The zero-order valence-electron chi connectivity index (χ0n) is 9.98. The lowest BCUT2D eigenvalue weighted by molar-refractivity contribution is 0.102. The molecule has 1 amide bonds. The minimum Gasteiger partial charge on any atom is -0.320 e. The van der Waals surface area contributed by atoms with Crippen LogP contribution in [-0.2, 0) is 6.42 Å². The molecule has 1 aromatic heterocycles. The number of benzene rings is 1. The Hall–Kier alpha value is -1.87. The van der Waals surface area contributed by atoms with Crippen LogP contribution in [0.2, 0.25) is 5.02 Å². The molecule has 0 aliphatic heterocycles. The molecule has 1 aromatic carbocycles. The predicted molar refractivity (Wildman–Crippen MR) is 73.0 cm³/mol. The second-order valence-corrected chi connectivity index (χ2v) is 4.26. The van der Waals surface area contributed by atoms with Crippen molar-refractivity contribution in [2.75, 3.05) is 5.32 Å². The van der Waals surface area contributed by atoms with E-state index < -0.39 is 0 Å². The quantitative estimate of drug-likeness (QED) is 0.917. The summed E-state index contributed by atoms with van der Waals surface area (Å²) in [6, 6.07) is 10.9. The molecule has 0 aliphatic carbocycles. The minimum absolute atomic E-state index is 0.251. The van der Waals surface area contributed by atoms with Gasteiger partial charge in [-0.25, -0.2) is 0 Å². The summed E-state index contributed by atoms with van der Waals surface area (Å²) in [5.74, 6) is -0.251. The number of pyridine rings is 1. The first-order chi connectivity index (χ1) is 8.70. The highest BCUT2D eigenvalue weighted by atomic mass is 35.5. The standard InChI is InChI=1S/C14H13ClN2O/c1-2-10-5-3-4-6-12(10)17-14(18)13-9-11(15)7-8-16-13/h3-9H,2H2,1H3,(H,17,18).